The van der Waals surface area contributed by atoms with Gasteiger partial charge in [0.2, 0.25) is 0 Å². The van der Waals surface area contributed by atoms with Crippen molar-refractivity contribution in [1.29, 1.82) is 0 Å². The second kappa shape index (κ2) is 7.75. The van der Waals surface area contributed by atoms with Crippen molar-refractivity contribution in [3.63, 3.8) is 0 Å². The van der Waals surface area contributed by atoms with Crippen molar-refractivity contribution < 1.29 is 9.84 Å². The normalized spacial score (nSPS) is 25.2. The molecule has 0 bridgehead atoms. The maximum atomic E-state index is 9.67. The van der Waals surface area contributed by atoms with Crippen LogP contribution in [-0.4, -0.2) is 66.9 Å². The number of aliphatic hydroxyl groups excluding tert-OH is 1. The minimum Gasteiger partial charge on any atom is -0.396 e. The molecule has 1 atom stereocenters. The fraction of sp³-hybridized carbons (Fsp3) is 0.684. The molecule has 2 saturated heterocycles. The fourth-order valence-corrected chi connectivity index (χ4v) is 3.83. The van der Waals surface area contributed by atoms with Crippen molar-refractivity contribution in [2.45, 2.75) is 32.4 Å². The lowest BCUT2D eigenvalue weighted by Gasteiger charge is -2.47. The fourth-order valence-electron chi connectivity index (χ4n) is 3.83. The molecule has 0 radical (unpaired) electrons. The molecule has 2 heterocycles. The molecule has 0 spiro atoms. The standard InChI is InChI=1S/C19H30N2O2/c1-2-6-18-12-20(13-19(14-22)15-23-16-19)9-10-21(18)11-17-7-4-3-5-8-17/h3-5,7-8,18,22H,2,6,9-16H2,1H3. The second-order valence-electron chi connectivity index (χ2n) is 7.28. The van der Waals surface area contributed by atoms with Crippen LogP contribution in [0, 0.1) is 5.41 Å². The summed E-state index contributed by atoms with van der Waals surface area (Å²) in [6.45, 7) is 9.29. The van der Waals surface area contributed by atoms with Crippen LogP contribution in [0.1, 0.15) is 25.3 Å². The molecule has 2 aliphatic rings. The first kappa shape index (κ1) is 16.9. The predicted octanol–water partition coefficient (Wildman–Crippen LogP) is 1.98. The number of hydrogen-bond donors (Lipinski definition) is 1. The molecule has 1 N–H and O–H groups in total. The zero-order chi connectivity index (χ0) is 16.1. The average Bonchev–Trinajstić information content (AvgIpc) is 2.54. The van der Waals surface area contributed by atoms with Gasteiger partial charge in [-0.05, 0) is 12.0 Å². The van der Waals surface area contributed by atoms with E-state index in [1.807, 2.05) is 0 Å². The van der Waals surface area contributed by atoms with E-state index in [4.69, 9.17) is 4.74 Å². The third-order valence-electron chi connectivity index (χ3n) is 5.25. The molecule has 3 rings (SSSR count). The van der Waals surface area contributed by atoms with Gasteiger partial charge in [-0.15, -0.1) is 0 Å². The van der Waals surface area contributed by atoms with E-state index in [0.717, 1.165) is 32.7 Å². The van der Waals surface area contributed by atoms with Crippen molar-refractivity contribution in [2.75, 3.05) is 46.0 Å². The van der Waals surface area contributed by atoms with Gasteiger partial charge in [0, 0.05) is 38.8 Å². The lowest BCUT2D eigenvalue weighted by Crippen LogP contribution is -2.59. The highest BCUT2D eigenvalue weighted by Crippen LogP contribution is 2.29. The van der Waals surface area contributed by atoms with Crippen LogP contribution in [0.5, 0.6) is 0 Å². The lowest BCUT2D eigenvalue weighted by atomic mass is 9.86. The lowest BCUT2D eigenvalue weighted by molar-refractivity contribution is -0.152. The van der Waals surface area contributed by atoms with E-state index in [-0.39, 0.29) is 12.0 Å². The molecular weight excluding hydrogens is 288 g/mol. The Morgan fingerprint density at radius 2 is 2.00 bits per heavy atom. The summed E-state index contributed by atoms with van der Waals surface area (Å²) in [7, 11) is 0. The van der Waals surface area contributed by atoms with E-state index in [0.29, 0.717) is 19.3 Å². The summed E-state index contributed by atoms with van der Waals surface area (Å²) in [5.41, 5.74) is 1.40. The predicted molar refractivity (Wildman–Crippen MR) is 92.3 cm³/mol. The molecule has 0 aromatic heterocycles. The highest BCUT2D eigenvalue weighted by atomic mass is 16.5. The summed E-state index contributed by atoms with van der Waals surface area (Å²) >= 11 is 0. The summed E-state index contributed by atoms with van der Waals surface area (Å²) in [6.07, 6.45) is 2.46. The van der Waals surface area contributed by atoms with Crippen LogP contribution in [0.2, 0.25) is 0 Å². The van der Waals surface area contributed by atoms with Crippen LogP contribution in [0.15, 0.2) is 30.3 Å². The second-order valence-corrected chi connectivity index (χ2v) is 7.28. The van der Waals surface area contributed by atoms with Crippen molar-refractivity contribution in [3.05, 3.63) is 35.9 Å². The Balaban J connectivity index is 1.59. The molecular formula is C19H30N2O2. The molecule has 1 aromatic rings. The van der Waals surface area contributed by atoms with Crippen LogP contribution < -0.4 is 0 Å². The third kappa shape index (κ3) is 4.13. The average molecular weight is 318 g/mol. The summed E-state index contributed by atoms with van der Waals surface area (Å²) in [5, 5.41) is 9.67. The molecule has 0 aliphatic carbocycles. The van der Waals surface area contributed by atoms with Gasteiger partial charge < -0.3 is 9.84 Å². The van der Waals surface area contributed by atoms with Gasteiger partial charge in [-0.3, -0.25) is 9.80 Å². The van der Waals surface area contributed by atoms with Gasteiger partial charge in [0.25, 0.3) is 0 Å². The minimum absolute atomic E-state index is 0.00162. The molecule has 0 saturated carbocycles. The molecule has 128 valence electrons. The van der Waals surface area contributed by atoms with E-state index in [9.17, 15) is 5.11 Å². The Labute approximate surface area is 140 Å². The molecule has 1 aromatic carbocycles. The zero-order valence-corrected chi connectivity index (χ0v) is 14.3. The maximum Gasteiger partial charge on any atom is 0.0579 e. The van der Waals surface area contributed by atoms with Gasteiger partial charge in [-0.1, -0.05) is 43.7 Å². The highest BCUT2D eigenvalue weighted by Gasteiger charge is 2.41. The smallest absolute Gasteiger partial charge is 0.0579 e. The SMILES string of the molecule is CCCC1CN(CC2(CO)COC2)CCN1Cc1ccccc1. The van der Waals surface area contributed by atoms with Crippen molar-refractivity contribution in [3.8, 4) is 0 Å². The summed E-state index contributed by atoms with van der Waals surface area (Å²) in [5.74, 6) is 0. The Morgan fingerprint density at radius 3 is 2.61 bits per heavy atom. The van der Waals surface area contributed by atoms with Crippen molar-refractivity contribution in [1.82, 2.24) is 9.80 Å². The van der Waals surface area contributed by atoms with E-state index >= 15 is 0 Å². The van der Waals surface area contributed by atoms with Crippen LogP contribution in [0.3, 0.4) is 0 Å². The molecule has 4 nitrogen and oxygen atoms in total. The molecule has 1 unspecified atom stereocenters. The first-order valence-electron chi connectivity index (χ1n) is 8.93. The summed E-state index contributed by atoms with van der Waals surface area (Å²) in [4.78, 5) is 5.18. The number of ether oxygens (including phenoxy) is 1. The highest BCUT2D eigenvalue weighted by molar-refractivity contribution is 5.14. The Morgan fingerprint density at radius 1 is 1.22 bits per heavy atom. The van der Waals surface area contributed by atoms with E-state index in [1.54, 1.807) is 0 Å². The van der Waals surface area contributed by atoms with Crippen LogP contribution in [0.25, 0.3) is 0 Å². The number of hydrogen-bond acceptors (Lipinski definition) is 4. The van der Waals surface area contributed by atoms with Gasteiger partial charge in [0.1, 0.15) is 0 Å². The third-order valence-corrected chi connectivity index (χ3v) is 5.25. The van der Waals surface area contributed by atoms with E-state index < -0.39 is 0 Å². The summed E-state index contributed by atoms with van der Waals surface area (Å²) < 4.78 is 5.35. The van der Waals surface area contributed by atoms with Gasteiger partial charge in [0.05, 0.1) is 25.2 Å². The largest absolute Gasteiger partial charge is 0.396 e. The topological polar surface area (TPSA) is 35.9 Å². The molecule has 0 amide bonds. The minimum atomic E-state index is -0.00162. The quantitative estimate of drug-likeness (QED) is 0.834. The van der Waals surface area contributed by atoms with Gasteiger partial charge in [-0.2, -0.15) is 0 Å². The Hall–Kier alpha value is -0.940. The Kier molecular flexibility index (Phi) is 5.70. The first-order chi connectivity index (χ1) is 11.2. The first-order valence-corrected chi connectivity index (χ1v) is 8.93. The van der Waals surface area contributed by atoms with E-state index in [1.165, 1.54) is 18.4 Å². The van der Waals surface area contributed by atoms with Crippen molar-refractivity contribution in [2.24, 2.45) is 5.41 Å². The number of aliphatic hydroxyl groups is 1. The maximum absolute atomic E-state index is 9.67. The molecule has 2 aliphatic heterocycles. The summed E-state index contributed by atoms with van der Waals surface area (Å²) in [6, 6.07) is 11.4. The molecule has 2 fully saturated rings. The zero-order valence-electron chi connectivity index (χ0n) is 14.3. The van der Waals surface area contributed by atoms with Gasteiger partial charge in [0.15, 0.2) is 0 Å². The number of rotatable bonds is 7. The van der Waals surface area contributed by atoms with Crippen LogP contribution in [0.4, 0.5) is 0 Å². The number of piperazine rings is 1. The monoisotopic (exact) mass is 318 g/mol. The Bertz CT molecular complexity index is 470. The number of nitrogens with zero attached hydrogens (tertiary/aromatic N) is 2. The van der Waals surface area contributed by atoms with Crippen LogP contribution in [-0.2, 0) is 11.3 Å². The number of benzene rings is 1. The molecule has 23 heavy (non-hydrogen) atoms. The molecule has 4 heteroatoms. The van der Waals surface area contributed by atoms with E-state index in [2.05, 4.69) is 47.1 Å². The van der Waals surface area contributed by atoms with Crippen molar-refractivity contribution >= 4 is 0 Å². The van der Waals surface area contributed by atoms with Crippen LogP contribution >= 0.6 is 0 Å². The van der Waals surface area contributed by atoms with Gasteiger partial charge in [-0.25, -0.2) is 0 Å². The van der Waals surface area contributed by atoms with Gasteiger partial charge >= 0.3 is 0 Å².